The van der Waals surface area contributed by atoms with E-state index in [0.717, 1.165) is 0 Å². The van der Waals surface area contributed by atoms with Crippen molar-refractivity contribution in [2.45, 2.75) is 0 Å². The summed E-state index contributed by atoms with van der Waals surface area (Å²) in [4.78, 5) is 0. The zero-order valence-corrected chi connectivity index (χ0v) is 5.02. The largest absolute Gasteiger partial charge is 0.138 e. The highest BCUT2D eigenvalue weighted by atomic mass is 32.4. The average Bonchev–Trinajstić information content (AvgIpc) is 1.64. The minimum absolute atomic E-state index is 1.07. The van der Waals surface area contributed by atoms with Crippen molar-refractivity contribution in [2.24, 2.45) is 0 Å². The third kappa shape index (κ3) is 3.35. The van der Waals surface area contributed by atoms with Gasteiger partial charge in [-0.15, -0.1) is 16.9 Å². The molecule has 0 aromatic heterocycles. The topological polar surface area (TPSA) is 0 Å². The molecule has 0 aromatic carbocycles. The van der Waals surface area contributed by atoms with Crippen molar-refractivity contribution < 1.29 is 0 Å². The van der Waals surface area contributed by atoms with Crippen molar-refractivity contribution in [3.63, 3.8) is 0 Å². The zero-order chi connectivity index (χ0) is 6.73. The molecule has 0 aromatic rings. The fraction of sp³-hybridized carbons (Fsp3) is 0. The predicted octanol–water partition coefficient (Wildman–Crippen LogP) is 0.597. The molecule has 0 bridgehead atoms. The molecule has 0 heterocycles. The third-order valence-corrected chi connectivity index (χ3v) is 2.41. The molecular formula is H6BP3. The van der Waals surface area contributed by atoms with Crippen molar-refractivity contribution in [2.75, 3.05) is 0 Å². The molecule has 0 spiro atoms. The van der Waals surface area contributed by atoms with Crippen LogP contribution in [0.2, 0.25) is 0 Å². The lowest BCUT2D eigenvalue weighted by atomic mass is 10.8. The molecule has 0 rings (SSSR count). The van der Waals surface area contributed by atoms with E-state index in [1.54, 1.807) is 7.57 Å². The van der Waals surface area contributed by atoms with Crippen molar-refractivity contribution >= 4 is 32.4 Å². The van der Waals surface area contributed by atoms with E-state index >= 15 is 0 Å². The summed E-state index contributed by atoms with van der Waals surface area (Å²) in [7, 11) is -2.38. The number of hydrogen-bond donors (Lipinski definition) is 0. The monoisotopic (exact) mass is 118 g/mol. The molecule has 0 aliphatic carbocycles. The van der Waals surface area contributed by atoms with Crippen LogP contribution in [-0.4, -0.2) is 12.7 Å². The van der Waals surface area contributed by atoms with Gasteiger partial charge in [0.05, 0.1) is 5.11 Å². The Morgan fingerprint density at radius 1 is 2.50 bits per heavy atom. The van der Waals surface area contributed by atoms with Crippen LogP contribution < -0.4 is 0 Å². The van der Waals surface area contributed by atoms with Gasteiger partial charge in [-0.1, -0.05) is 7.90 Å². The first-order valence-corrected chi connectivity index (χ1v) is 4.94. The maximum Gasteiger partial charge on any atom is 0.135 e. The SMILES string of the molecule is [3H]P([3H])P([3H])P([3H])B. The van der Waals surface area contributed by atoms with Crippen LogP contribution in [0.5, 0.6) is 0 Å². The molecule has 4 heteroatoms. The molecule has 0 fully saturated rings. The minimum atomic E-state index is -1.63. The van der Waals surface area contributed by atoms with E-state index in [4.69, 9.17) is 5.11 Å². The van der Waals surface area contributed by atoms with Gasteiger partial charge in [0.25, 0.3) is 0 Å². The first-order chi connectivity index (χ1) is 3.55. The van der Waals surface area contributed by atoms with E-state index < -0.39 is 24.8 Å². The molecule has 0 radical (unpaired) electrons. The molecule has 0 nitrogen and oxygen atoms in total. The summed E-state index contributed by atoms with van der Waals surface area (Å²) in [6.07, 6.45) is 0. The molecule has 0 saturated carbocycles. The summed E-state index contributed by atoms with van der Waals surface area (Å²) in [5.74, 6) is 0. The fourth-order valence-electron chi connectivity index (χ4n) is 0. The minimum Gasteiger partial charge on any atom is -0.138 e. The fourth-order valence-corrected chi connectivity index (χ4v) is 0. The van der Waals surface area contributed by atoms with Gasteiger partial charge in [-0.3, -0.25) is 0 Å². The Balaban J connectivity index is 3.46. The van der Waals surface area contributed by atoms with E-state index in [0.29, 0.717) is 0 Å². The normalized spacial score (nSPS) is 38.2. The van der Waals surface area contributed by atoms with Crippen LogP contribution in [0.3, 0.4) is 0 Å². The van der Waals surface area contributed by atoms with Crippen LogP contribution in [0.15, 0.2) is 0 Å². The Labute approximate surface area is 38.6 Å². The van der Waals surface area contributed by atoms with E-state index in [1.807, 2.05) is 0 Å². The number of hydrogen-bond acceptors (Lipinski definition) is 0. The lowest BCUT2D eigenvalue weighted by molar-refractivity contribution is 4.96. The Hall–Kier alpha value is 1.35. The Morgan fingerprint density at radius 3 is 3.25 bits per heavy atom. The Kier molecular flexibility index (Phi) is 1.58. The van der Waals surface area contributed by atoms with Gasteiger partial charge in [0.2, 0.25) is 0 Å². The van der Waals surface area contributed by atoms with Gasteiger partial charge in [0.1, 0.15) is 7.57 Å². The van der Waals surface area contributed by atoms with Crippen molar-refractivity contribution in [1.29, 1.82) is 5.11 Å². The molecule has 4 heavy (non-hydrogen) atoms. The van der Waals surface area contributed by atoms with Crippen LogP contribution in [0.4, 0.5) is 0 Å². The standard InChI is InChI=1S/BH6P3/c1-3-4-2/h3-4H,1-2H2/i2T2,3T,4T. The van der Waals surface area contributed by atoms with Crippen LogP contribution in [0.1, 0.15) is 0 Å². The van der Waals surface area contributed by atoms with Gasteiger partial charge in [-0.05, 0) is 0 Å². The highest BCUT2D eigenvalue weighted by Gasteiger charge is 1.55. The molecule has 0 aliphatic rings. The lowest BCUT2D eigenvalue weighted by Crippen LogP contribution is -1.13. The van der Waals surface area contributed by atoms with Crippen molar-refractivity contribution in [3.8, 4) is 0 Å². The zero-order valence-electron chi connectivity index (χ0n) is 6.34. The van der Waals surface area contributed by atoms with Crippen LogP contribution in [0.25, 0.3) is 0 Å². The van der Waals surface area contributed by atoms with Gasteiger partial charge in [0, 0.05) is 0 Å². The van der Waals surface area contributed by atoms with Crippen molar-refractivity contribution in [3.05, 3.63) is 0 Å². The summed E-state index contributed by atoms with van der Waals surface area (Å²) in [6, 6.07) is 0. The van der Waals surface area contributed by atoms with E-state index in [9.17, 15) is 0 Å². The van der Waals surface area contributed by atoms with Gasteiger partial charge >= 0.3 is 0 Å². The summed E-state index contributed by atoms with van der Waals surface area (Å²) in [5, 5.41) is 0. The maximum atomic E-state index is 7.04. The quantitative estimate of drug-likeness (QED) is 0.367. The first-order valence-electron chi connectivity index (χ1n) is 2.64. The molecule has 2 unspecified atom stereocenters. The molecule has 24 valence electrons. The molecule has 0 saturated heterocycles. The average molecular weight is 118 g/mol. The van der Waals surface area contributed by atoms with Crippen molar-refractivity contribution in [1.82, 2.24) is 0 Å². The van der Waals surface area contributed by atoms with Crippen LogP contribution in [0, 0.1) is 0 Å². The Morgan fingerprint density at radius 2 is 3.25 bits per heavy atom. The molecule has 0 amide bonds. The second-order valence-corrected chi connectivity index (χ2v) is 4.21. The summed E-state index contributed by atoms with van der Waals surface area (Å²) >= 11 is 0. The van der Waals surface area contributed by atoms with Gasteiger partial charge in [0.15, 0.2) is 0 Å². The first kappa shape index (κ1) is 1.45. The smallest absolute Gasteiger partial charge is 0.135 e. The number of rotatable bonds is 2. The van der Waals surface area contributed by atoms with Gasteiger partial charge in [-0.2, -0.15) is 0 Å². The second-order valence-electron chi connectivity index (χ2n) is 0.289. The van der Waals surface area contributed by atoms with Gasteiger partial charge in [-0.25, -0.2) is 0 Å². The lowest BCUT2D eigenvalue weighted by Gasteiger charge is -1.70. The van der Waals surface area contributed by atoms with E-state index in [1.165, 1.54) is 0 Å². The van der Waals surface area contributed by atoms with Crippen LogP contribution in [-0.2, 0) is 0 Å². The molecule has 0 N–H and O–H groups in total. The summed E-state index contributed by atoms with van der Waals surface area (Å²) < 4.78 is 27.6. The molecular weight excluding hydrogens is 104 g/mol. The third-order valence-electron chi connectivity index (χ3n) is 0.0894. The molecule has 2 atom stereocenters. The van der Waals surface area contributed by atoms with Crippen LogP contribution >= 0.6 is 24.8 Å². The maximum absolute atomic E-state index is 7.04. The predicted molar refractivity (Wildman–Crippen MR) is 34.9 cm³/mol. The summed E-state index contributed by atoms with van der Waals surface area (Å²) in [6.45, 7) is 0. The second kappa shape index (κ2) is 4.35. The Bertz CT molecular complexity index is 56.3. The van der Waals surface area contributed by atoms with E-state index in [-0.39, 0.29) is 0 Å². The highest BCUT2D eigenvalue weighted by molar-refractivity contribution is 8.44. The van der Waals surface area contributed by atoms with Gasteiger partial charge < -0.3 is 0 Å². The summed E-state index contributed by atoms with van der Waals surface area (Å²) in [5.41, 5.74) is 0. The molecule has 0 aliphatic heterocycles. The van der Waals surface area contributed by atoms with E-state index in [2.05, 4.69) is 0 Å². The highest BCUT2D eigenvalue weighted by Crippen LogP contribution is 2.38.